The van der Waals surface area contributed by atoms with E-state index >= 15 is 0 Å². The van der Waals surface area contributed by atoms with Crippen LogP contribution >= 0.6 is 0 Å². The lowest BCUT2D eigenvalue weighted by molar-refractivity contribution is -0.136. The van der Waals surface area contributed by atoms with Crippen molar-refractivity contribution in [3.63, 3.8) is 0 Å². The zero-order valence-corrected chi connectivity index (χ0v) is 10.2. The molecule has 5 heteroatoms. The van der Waals surface area contributed by atoms with E-state index in [1.165, 1.54) is 0 Å². The highest BCUT2D eigenvalue weighted by molar-refractivity contribution is 5.81. The molecule has 1 rings (SSSR count). The first-order chi connectivity index (χ1) is 7.57. The number of hydrogen-bond donors (Lipinski definition) is 1. The monoisotopic (exact) mass is 224 g/mol. The van der Waals surface area contributed by atoms with Crippen molar-refractivity contribution in [1.29, 1.82) is 5.26 Å². The van der Waals surface area contributed by atoms with Crippen LogP contribution in [0, 0.1) is 11.3 Å². The van der Waals surface area contributed by atoms with Crippen LogP contribution in [-0.4, -0.2) is 61.5 Å². The summed E-state index contributed by atoms with van der Waals surface area (Å²) >= 11 is 0. The summed E-state index contributed by atoms with van der Waals surface area (Å²) in [5.74, 6) is 0.108. The van der Waals surface area contributed by atoms with Crippen molar-refractivity contribution in [2.75, 3.05) is 33.7 Å². The van der Waals surface area contributed by atoms with Crippen molar-refractivity contribution in [2.24, 2.45) is 0 Å². The molecule has 0 aromatic carbocycles. The highest BCUT2D eigenvalue weighted by atomic mass is 16.2. The quantitative estimate of drug-likeness (QED) is 0.712. The highest BCUT2D eigenvalue weighted by Crippen LogP contribution is 2.12. The Morgan fingerprint density at radius 3 is 2.94 bits per heavy atom. The Balaban J connectivity index is 2.71. The normalized spacial score (nSPS) is 23.5. The smallest absolute Gasteiger partial charge is 0.240 e. The maximum atomic E-state index is 12.0. The van der Waals surface area contributed by atoms with E-state index in [1.807, 2.05) is 6.92 Å². The third-order valence-corrected chi connectivity index (χ3v) is 2.96. The Labute approximate surface area is 97.0 Å². The predicted molar refractivity (Wildman–Crippen MR) is 61.7 cm³/mol. The minimum atomic E-state index is -0.132. The molecule has 5 nitrogen and oxygen atoms in total. The van der Waals surface area contributed by atoms with Crippen LogP contribution < -0.4 is 5.32 Å². The zero-order chi connectivity index (χ0) is 12.1. The lowest BCUT2D eigenvalue weighted by atomic mass is 10.1. The average molecular weight is 224 g/mol. The number of hydrogen-bond acceptors (Lipinski definition) is 4. The van der Waals surface area contributed by atoms with Crippen molar-refractivity contribution in [3.8, 4) is 6.07 Å². The van der Waals surface area contributed by atoms with Crippen LogP contribution in [0.4, 0.5) is 0 Å². The van der Waals surface area contributed by atoms with Gasteiger partial charge in [0.2, 0.25) is 5.91 Å². The molecule has 0 radical (unpaired) electrons. The molecule has 1 N–H and O–H groups in total. The molecule has 0 aliphatic carbocycles. The Morgan fingerprint density at radius 2 is 2.38 bits per heavy atom. The molecule has 0 aromatic heterocycles. The van der Waals surface area contributed by atoms with E-state index in [4.69, 9.17) is 5.26 Å². The van der Waals surface area contributed by atoms with Gasteiger partial charge in [0.1, 0.15) is 6.04 Å². The fourth-order valence-electron chi connectivity index (χ4n) is 2.02. The molecule has 1 aliphatic rings. The van der Waals surface area contributed by atoms with Crippen LogP contribution in [0.1, 0.15) is 13.3 Å². The minimum absolute atomic E-state index is 0.108. The molecule has 0 bridgehead atoms. The van der Waals surface area contributed by atoms with E-state index in [-0.39, 0.29) is 18.0 Å². The van der Waals surface area contributed by atoms with Gasteiger partial charge in [-0.15, -0.1) is 0 Å². The molecule has 1 fully saturated rings. The largest absolute Gasteiger partial charge is 0.347 e. The first-order valence-corrected chi connectivity index (χ1v) is 5.62. The molecule has 0 saturated carbocycles. The molecule has 0 spiro atoms. The van der Waals surface area contributed by atoms with E-state index in [9.17, 15) is 4.79 Å². The van der Waals surface area contributed by atoms with Crippen molar-refractivity contribution < 1.29 is 4.79 Å². The maximum absolute atomic E-state index is 12.0. The molecule has 90 valence electrons. The summed E-state index contributed by atoms with van der Waals surface area (Å²) in [5, 5.41) is 11.9. The summed E-state index contributed by atoms with van der Waals surface area (Å²) in [6.45, 7) is 4.39. The second-order valence-corrected chi connectivity index (χ2v) is 4.40. The topological polar surface area (TPSA) is 59.4 Å². The molecule has 1 heterocycles. The van der Waals surface area contributed by atoms with Gasteiger partial charge < -0.3 is 10.2 Å². The van der Waals surface area contributed by atoms with Crippen LogP contribution in [0.15, 0.2) is 0 Å². The van der Waals surface area contributed by atoms with Gasteiger partial charge in [0.15, 0.2) is 0 Å². The number of carbonyl (C=O) groups excluding carboxylic acids is 1. The van der Waals surface area contributed by atoms with E-state index in [1.54, 1.807) is 19.0 Å². The Hall–Kier alpha value is -1.12. The van der Waals surface area contributed by atoms with Gasteiger partial charge in [0.05, 0.1) is 12.5 Å². The van der Waals surface area contributed by atoms with Gasteiger partial charge in [-0.05, 0) is 6.92 Å². The molecule has 2 unspecified atom stereocenters. The summed E-state index contributed by atoms with van der Waals surface area (Å²) in [7, 11) is 3.54. The number of nitrogens with zero attached hydrogens (tertiary/aromatic N) is 3. The Kier molecular flexibility index (Phi) is 4.71. The van der Waals surface area contributed by atoms with Gasteiger partial charge in [-0.2, -0.15) is 5.26 Å². The predicted octanol–water partition coefficient (Wildman–Crippen LogP) is -0.349. The standard InChI is InChI=1S/C11H20N4O/c1-9(4-5-12)15-7-6-13-8-10(15)11(16)14(2)3/h9-10,13H,4,6-8H2,1-3H3. The fraction of sp³-hybridized carbons (Fsp3) is 0.818. The SMILES string of the molecule is CC(CC#N)N1CCNCC1C(=O)N(C)C. The van der Waals surface area contributed by atoms with Crippen LogP contribution in [-0.2, 0) is 4.79 Å². The molecule has 0 aromatic rings. The third-order valence-electron chi connectivity index (χ3n) is 2.96. The van der Waals surface area contributed by atoms with Crippen LogP contribution in [0.5, 0.6) is 0 Å². The van der Waals surface area contributed by atoms with Crippen LogP contribution in [0.25, 0.3) is 0 Å². The number of likely N-dealkylation sites (N-methyl/N-ethyl adjacent to an activating group) is 1. The molecule has 1 amide bonds. The number of amides is 1. The highest BCUT2D eigenvalue weighted by Gasteiger charge is 2.32. The van der Waals surface area contributed by atoms with Crippen molar-refractivity contribution in [1.82, 2.24) is 15.1 Å². The molecular weight excluding hydrogens is 204 g/mol. The van der Waals surface area contributed by atoms with Gasteiger partial charge in [0.25, 0.3) is 0 Å². The third kappa shape index (κ3) is 2.94. The van der Waals surface area contributed by atoms with E-state index < -0.39 is 0 Å². The van der Waals surface area contributed by atoms with Gasteiger partial charge in [-0.3, -0.25) is 9.69 Å². The number of piperazine rings is 1. The summed E-state index contributed by atoms with van der Waals surface area (Å²) < 4.78 is 0. The van der Waals surface area contributed by atoms with Gasteiger partial charge in [-0.25, -0.2) is 0 Å². The number of carbonyl (C=O) groups is 1. The maximum Gasteiger partial charge on any atom is 0.240 e. The lowest BCUT2D eigenvalue weighted by Gasteiger charge is -2.39. The second-order valence-electron chi connectivity index (χ2n) is 4.40. The molecule has 1 saturated heterocycles. The zero-order valence-electron chi connectivity index (χ0n) is 10.2. The average Bonchev–Trinajstić information content (AvgIpc) is 2.28. The number of rotatable bonds is 3. The van der Waals surface area contributed by atoms with E-state index in [0.717, 1.165) is 13.1 Å². The molecule has 2 atom stereocenters. The van der Waals surface area contributed by atoms with Gasteiger partial charge in [-0.1, -0.05) is 0 Å². The van der Waals surface area contributed by atoms with E-state index in [2.05, 4.69) is 16.3 Å². The first kappa shape index (κ1) is 12.9. The van der Waals surface area contributed by atoms with Gasteiger partial charge >= 0.3 is 0 Å². The molecule has 1 aliphatic heterocycles. The summed E-state index contributed by atoms with van der Waals surface area (Å²) in [6.07, 6.45) is 0.469. The molecule has 16 heavy (non-hydrogen) atoms. The Morgan fingerprint density at radius 1 is 1.69 bits per heavy atom. The van der Waals surface area contributed by atoms with Crippen molar-refractivity contribution in [2.45, 2.75) is 25.4 Å². The number of nitrogens with one attached hydrogen (secondary N) is 1. The molecular formula is C11H20N4O. The summed E-state index contributed by atoms with van der Waals surface area (Å²) in [6, 6.07) is 2.17. The van der Waals surface area contributed by atoms with Crippen LogP contribution in [0.3, 0.4) is 0 Å². The summed E-state index contributed by atoms with van der Waals surface area (Å²) in [4.78, 5) is 15.7. The minimum Gasteiger partial charge on any atom is -0.347 e. The van der Waals surface area contributed by atoms with Crippen molar-refractivity contribution in [3.05, 3.63) is 0 Å². The van der Waals surface area contributed by atoms with Crippen molar-refractivity contribution >= 4 is 5.91 Å². The van der Waals surface area contributed by atoms with Gasteiger partial charge in [0, 0.05) is 39.8 Å². The summed E-state index contributed by atoms with van der Waals surface area (Å²) in [5.41, 5.74) is 0. The fourth-order valence-corrected chi connectivity index (χ4v) is 2.02. The second kappa shape index (κ2) is 5.83. The Bertz CT molecular complexity index is 284. The lowest BCUT2D eigenvalue weighted by Crippen LogP contribution is -2.59. The number of nitriles is 1. The van der Waals surface area contributed by atoms with Crippen LogP contribution in [0.2, 0.25) is 0 Å². The van der Waals surface area contributed by atoms with E-state index in [0.29, 0.717) is 13.0 Å². The first-order valence-electron chi connectivity index (χ1n) is 5.62.